The average Bonchev–Trinajstić information content (AvgIpc) is 3.03. The number of amides is 1. The minimum atomic E-state index is -3.70. The quantitative estimate of drug-likeness (QED) is 0.748. The number of carbonyl (C=O) groups excluding carboxylic acids is 1. The number of anilines is 2. The van der Waals surface area contributed by atoms with Crippen LogP contribution in [0.1, 0.15) is 41.6 Å². The van der Waals surface area contributed by atoms with E-state index >= 15 is 0 Å². The van der Waals surface area contributed by atoms with Crippen LogP contribution in [0, 0.1) is 6.92 Å². The van der Waals surface area contributed by atoms with E-state index in [2.05, 4.69) is 30.1 Å². The van der Waals surface area contributed by atoms with Gasteiger partial charge in [0, 0.05) is 43.5 Å². The van der Waals surface area contributed by atoms with Crippen LogP contribution < -0.4 is 25.0 Å². The highest BCUT2D eigenvalue weighted by molar-refractivity contribution is 5.95. The molecule has 1 aromatic heterocycles. The number of nitrogens with zero attached hydrogens (tertiary/aromatic N) is 3. The largest absolute Gasteiger partial charge is 0.586 e. The molecule has 8 nitrogen and oxygen atoms in total. The molecule has 1 aliphatic heterocycles. The maximum Gasteiger partial charge on any atom is 0.586 e. The van der Waals surface area contributed by atoms with Crippen molar-refractivity contribution in [2.75, 3.05) is 24.3 Å². The van der Waals surface area contributed by atoms with E-state index < -0.39 is 6.29 Å². The summed E-state index contributed by atoms with van der Waals surface area (Å²) in [6, 6.07) is 4.27. The summed E-state index contributed by atoms with van der Waals surface area (Å²) in [5.74, 6) is 0.930. The number of ether oxygens (including phenoxy) is 2. The maximum absolute atomic E-state index is 13.2. The number of hydrogen-bond donors (Lipinski definition) is 2. The molecule has 1 amide bonds. The molecule has 2 heterocycles. The van der Waals surface area contributed by atoms with Gasteiger partial charge in [0.05, 0.1) is 0 Å². The molecule has 2 aromatic rings. The minimum absolute atomic E-state index is 0.00804. The van der Waals surface area contributed by atoms with Crippen LogP contribution >= 0.6 is 0 Å². The molecule has 0 saturated heterocycles. The summed E-state index contributed by atoms with van der Waals surface area (Å²) < 4.78 is 35.1. The number of rotatable bonds is 5. The van der Waals surface area contributed by atoms with Crippen LogP contribution in [-0.4, -0.2) is 48.3 Å². The number of aryl methyl sites for hydroxylation is 1. The van der Waals surface area contributed by atoms with Crippen molar-refractivity contribution in [2.24, 2.45) is 0 Å². The highest BCUT2D eigenvalue weighted by Crippen LogP contribution is 2.41. The molecule has 0 bridgehead atoms. The Kier molecular flexibility index (Phi) is 5.55. The van der Waals surface area contributed by atoms with Gasteiger partial charge in [-0.15, -0.1) is 8.78 Å². The normalized spacial score (nSPS) is 21.5. The highest BCUT2D eigenvalue weighted by atomic mass is 19.3. The molecule has 2 aliphatic rings. The standard InChI is InChI=1S/C21H25F2N5O3/c1-12-11-24-20(27-18(12)28(2)3)26-15-7-5-14(6-8-15)25-19(29)13-4-9-16-17(10-13)31-21(22,23)30-16/h4,9-11,14-15H,5-8H2,1-3H3,(H,25,29)(H,24,26,27)/t14-,15+. The molecule has 0 radical (unpaired) electrons. The molecule has 0 spiro atoms. The zero-order valence-electron chi connectivity index (χ0n) is 17.6. The van der Waals surface area contributed by atoms with Crippen molar-refractivity contribution in [2.45, 2.75) is 51.0 Å². The van der Waals surface area contributed by atoms with Crippen LogP contribution in [0.5, 0.6) is 11.5 Å². The second-order valence-corrected chi connectivity index (χ2v) is 8.09. The first-order chi connectivity index (χ1) is 14.7. The van der Waals surface area contributed by atoms with Gasteiger partial charge in [-0.05, 0) is 50.8 Å². The van der Waals surface area contributed by atoms with Gasteiger partial charge in [-0.3, -0.25) is 4.79 Å². The van der Waals surface area contributed by atoms with Gasteiger partial charge in [0.15, 0.2) is 11.5 Å². The lowest BCUT2D eigenvalue weighted by atomic mass is 9.91. The summed E-state index contributed by atoms with van der Waals surface area (Å²) in [4.78, 5) is 23.4. The van der Waals surface area contributed by atoms with E-state index in [1.165, 1.54) is 18.2 Å². The Hall–Kier alpha value is -3.17. The zero-order valence-corrected chi connectivity index (χ0v) is 17.6. The second-order valence-electron chi connectivity index (χ2n) is 8.09. The molecular weight excluding hydrogens is 408 g/mol. The van der Waals surface area contributed by atoms with E-state index in [4.69, 9.17) is 0 Å². The summed E-state index contributed by atoms with van der Waals surface area (Å²) in [6.07, 6.45) is 1.39. The molecule has 1 fully saturated rings. The van der Waals surface area contributed by atoms with Gasteiger partial charge in [-0.25, -0.2) is 4.98 Å². The van der Waals surface area contributed by atoms with Gasteiger partial charge >= 0.3 is 6.29 Å². The van der Waals surface area contributed by atoms with Crippen molar-refractivity contribution in [1.82, 2.24) is 15.3 Å². The topological polar surface area (TPSA) is 88.6 Å². The van der Waals surface area contributed by atoms with Crippen molar-refractivity contribution < 1.29 is 23.0 Å². The van der Waals surface area contributed by atoms with E-state index in [-0.39, 0.29) is 35.1 Å². The van der Waals surface area contributed by atoms with Crippen molar-refractivity contribution in [3.8, 4) is 11.5 Å². The van der Waals surface area contributed by atoms with Gasteiger partial charge in [0.2, 0.25) is 5.95 Å². The molecule has 2 N–H and O–H groups in total. The van der Waals surface area contributed by atoms with Gasteiger partial charge in [0.1, 0.15) is 5.82 Å². The predicted molar refractivity (Wildman–Crippen MR) is 111 cm³/mol. The number of nitrogens with one attached hydrogen (secondary N) is 2. The third-order valence-corrected chi connectivity index (χ3v) is 5.43. The summed E-state index contributed by atoms with van der Waals surface area (Å²) in [7, 11) is 3.89. The molecule has 31 heavy (non-hydrogen) atoms. The number of benzene rings is 1. The number of fused-ring (bicyclic) bond motifs is 1. The maximum atomic E-state index is 13.2. The number of carbonyl (C=O) groups is 1. The summed E-state index contributed by atoms with van der Waals surface area (Å²) in [6.45, 7) is 1.97. The first-order valence-corrected chi connectivity index (χ1v) is 10.2. The van der Waals surface area contributed by atoms with Gasteiger partial charge < -0.3 is 25.0 Å². The minimum Gasteiger partial charge on any atom is -0.395 e. The third-order valence-electron chi connectivity index (χ3n) is 5.43. The Morgan fingerprint density at radius 2 is 1.81 bits per heavy atom. The Bertz CT molecular complexity index is 977. The second kappa shape index (κ2) is 8.16. The van der Waals surface area contributed by atoms with E-state index in [0.717, 1.165) is 37.1 Å². The van der Waals surface area contributed by atoms with Crippen molar-refractivity contribution >= 4 is 17.7 Å². The monoisotopic (exact) mass is 433 g/mol. The summed E-state index contributed by atoms with van der Waals surface area (Å²) in [5.41, 5.74) is 1.26. The molecule has 166 valence electrons. The van der Waals surface area contributed by atoms with E-state index in [1.54, 1.807) is 6.20 Å². The Balaban J connectivity index is 1.30. The molecular formula is C21H25F2N5O3. The van der Waals surface area contributed by atoms with Gasteiger partial charge in [-0.2, -0.15) is 4.98 Å². The van der Waals surface area contributed by atoms with Crippen LogP contribution in [0.3, 0.4) is 0 Å². The fraction of sp³-hybridized carbons (Fsp3) is 0.476. The summed E-state index contributed by atoms with van der Waals surface area (Å²) in [5, 5.41) is 6.36. The van der Waals surface area contributed by atoms with Crippen LogP contribution in [0.15, 0.2) is 24.4 Å². The molecule has 10 heteroatoms. The van der Waals surface area contributed by atoms with Crippen LogP contribution in [0.25, 0.3) is 0 Å². The zero-order chi connectivity index (χ0) is 22.2. The fourth-order valence-corrected chi connectivity index (χ4v) is 3.88. The van der Waals surface area contributed by atoms with Crippen molar-refractivity contribution in [3.63, 3.8) is 0 Å². The molecule has 4 rings (SSSR count). The lowest BCUT2D eigenvalue weighted by Crippen LogP contribution is -2.40. The van der Waals surface area contributed by atoms with E-state index in [0.29, 0.717) is 5.95 Å². The van der Waals surface area contributed by atoms with Crippen LogP contribution in [0.2, 0.25) is 0 Å². The van der Waals surface area contributed by atoms with Crippen molar-refractivity contribution in [3.05, 3.63) is 35.5 Å². The smallest absolute Gasteiger partial charge is 0.395 e. The number of hydrogen-bond acceptors (Lipinski definition) is 7. The van der Waals surface area contributed by atoms with Crippen molar-refractivity contribution in [1.29, 1.82) is 0 Å². The Morgan fingerprint density at radius 3 is 2.52 bits per heavy atom. The van der Waals surface area contributed by atoms with Gasteiger partial charge in [-0.1, -0.05) is 0 Å². The summed E-state index contributed by atoms with van der Waals surface area (Å²) >= 11 is 0. The average molecular weight is 433 g/mol. The first-order valence-electron chi connectivity index (χ1n) is 10.2. The van der Waals surface area contributed by atoms with Gasteiger partial charge in [0.25, 0.3) is 5.91 Å². The lowest BCUT2D eigenvalue weighted by Gasteiger charge is -2.30. The van der Waals surface area contributed by atoms with E-state index in [9.17, 15) is 13.6 Å². The number of aromatic nitrogens is 2. The molecule has 0 atom stereocenters. The predicted octanol–water partition coefficient (Wildman–Crippen LogP) is 3.33. The highest BCUT2D eigenvalue weighted by Gasteiger charge is 2.43. The molecule has 1 saturated carbocycles. The third kappa shape index (κ3) is 4.78. The van der Waals surface area contributed by atoms with Crippen LogP contribution in [0.4, 0.5) is 20.5 Å². The fourth-order valence-electron chi connectivity index (χ4n) is 3.88. The lowest BCUT2D eigenvalue weighted by molar-refractivity contribution is -0.286. The number of halogens is 2. The SMILES string of the molecule is Cc1cnc(N[C@H]2CC[C@@H](NC(=O)c3ccc4c(c3)OC(F)(F)O4)CC2)nc1N(C)C. The van der Waals surface area contributed by atoms with Crippen LogP contribution in [-0.2, 0) is 0 Å². The molecule has 1 aromatic carbocycles. The van der Waals surface area contributed by atoms with E-state index in [1.807, 2.05) is 25.9 Å². The first kappa shape index (κ1) is 21.1. The Morgan fingerprint density at radius 1 is 1.13 bits per heavy atom. The Labute approximate surface area is 179 Å². The number of alkyl halides is 2. The molecule has 0 unspecified atom stereocenters. The molecule has 1 aliphatic carbocycles.